The Morgan fingerprint density at radius 1 is 1.11 bits per heavy atom. The van der Waals surface area contributed by atoms with Gasteiger partial charge in [0.1, 0.15) is 6.04 Å². The van der Waals surface area contributed by atoms with Gasteiger partial charge < -0.3 is 10.6 Å². The first-order valence-electron chi connectivity index (χ1n) is 9.01. The molecule has 1 heterocycles. The lowest BCUT2D eigenvalue weighted by Gasteiger charge is -2.21. The number of carbonyl (C=O) groups is 3. The summed E-state index contributed by atoms with van der Waals surface area (Å²) < 4.78 is 0. The Kier molecular flexibility index (Phi) is 5.54. The summed E-state index contributed by atoms with van der Waals surface area (Å²) in [6.07, 6.45) is 0.416. The molecule has 6 nitrogen and oxygen atoms in total. The van der Waals surface area contributed by atoms with Gasteiger partial charge >= 0.3 is 6.03 Å². The summed E-state index contributed by atoms with van der Waals surface area (Å²) in [5.41, 5.74) is 2.61. The zero-order chi connectivity index (χ0) is 19.4. The molecule has 0 aliphatic carbocycles. The first-order chi connectivity index (χ1) is 13.0. The number of imide groups is 1. The maximum Gasteiger partial charge on any atom is 0.325 e. The molecule has 6 heteroatoms. The lowest BCUT2D eigenvalue weighted by atomic mass is 10.1. The fraction of sp³-hybridized carbons (Fsp3) is 0.286. The molecule has 2 aromatic carbocycles. The molecule has 4 amide bonds. The van der Waals surface area contributed by atoms with E-state index in [1.54, 1.807) is 0 Å². The van der Waals surface area contributed by atoms with Crippen LogP contribution in [0.4, 0.5) is 10.5 Å². The van der Waals surface area contributed by atoms with Crippen LogP contribution in [0, 0.1) is 6.92 Å². The zero-order valence-corrected chi connectivity index (χ0v) is 15.4. The molecule has 0 unspecified atom stereocenters. The number of hydrogen-bond acceptors (Lipinski definition) is 3. The molecule has 0 bridgehead atoms. The largest absolute Gasteiger partial charge is 0.326 e. The van der Waals surface area contributed by atoms with Gasteiger partial charge in [0.15, 0.2) is 0 Å². The molecule has 1 fully saturated rings. The van der Waals surface area contributed by atoms with E-state index >= 15 is 0 Å². The molecule has 0 saturated carbocycles. The van der Waals surface area contributed by atoms with Crippen LogP contribution in [-0.2, 0) is 9.59 Å². The van der Waals surface area contributed by atoms with Crippen molar-refractivity contribution < 1.29 is 14.4 Å². The molecule has 0 radical (unpaired) electrons. The molecule has 27 heavy (non-hydrogen) atoms. The molecular weight excluding hydrogens is 342 g/mol. The molecular formula is C21H23N3O3. The second-order valence-corrected chi connectivity index (χ2v) is 6.70. The van der Waals surface area contributed by atoms with Crippen molar-refractivity contribution in [3.8, 4) is 0 Å². The number of nitrogens with zero attached hydrogens (tertiary/aromatic N) is 1. The number of rotatable bonds is 6. The van der Waals surface area contributed by atoms with Gasteiger partial charge in [-0.25, -0.2) is 4.79 Å². The minimum atomic E-state index is -0.675. The number of aryl methyl sites for hydroxylation is 1. The number of anilines is 1. The summed E-state index contributed by atoms with van der Waals surface area (Å²) in [6.45, 7) is 3.74. The van der Waals surface area contributed by atoms with E-state index in [1.165, 1.54) is 4.90 Å². The number of carbonyl (C=O) groups excluding carboxylic acids is 3. The van der Waals surface area contributed by atoms with E-state index in [0.717, 1.165) is 16.8 Å². The van der Waals surface area contributed by atoms with E-state index in [2.05, 4.69) is 10.6 Å². The van der Waals surface area contributed by atoms with Crippen LogP contribution in [0.1, 0.15) is 36.9 Å². The minimum Gasteiger partial charge on any atom is -0.326 e. The molecule has 0 aromatic heterocycles. The van der Waals surface area contributed by atoms with Gasteiger partial charge in [-0.3, -0.25) is 14.5 Å². The second-order valence-electron chi connectivity index (χ2n) is 6.70. The fourth-order valence-corrected chi connectivity index (χ4v) is 3.19. The third-order valence-electron chi connectivity index (χ3n) is 4.80. The van der Waals surface area contributed by atoms with Crippen molar-refractivity contribution in [1.82, 2.24) is 10.2 Å². The van der Waals surface area contributed by atoms with Crippen molar-refractivity contribution in [3.63, 3.8) is 0 Å². The maximum absolute atomic E-state index is 12.7. The van der Waals surface area contributed by atoms with Gasteiger partial charge in [-0.1, -0.05) is 48.5 Å². The minimum absolute atomic E-state index is 0.151. The average molecular weight is 365 g/mol. The van der Waals surface area contributed by atoms with Gasteiger partial charge in [0, 0.05) is 12.1 Å². The van der Waals surface area contributed by atoms with Gasteiger partial charge in [-0.05, 0) is 37.5 Å². The summed E-state index contributed by atoms with van der Waals surface area (Å²) in [6, 6.07) is 15.5. The molecule has 2 aromatic rings. The third-order valence-corrected chi connectivity index (χ3v) is 4.80. The Labute approximate surface area is 158 Å². The highest BCUT2D eigenvalue weighted by Gasteiger charge is 2.40. The smallest absolute Gasteiger partial charge is 0.325 e. The predicted octanol–water partition coefficient (Wildman–Crippen LogP) is 3.40. The molecule has 140 valence electrons. The van der Waals surface area contributed by atoms with E-state index in [1.807, 2.05) is 68.4 Å². The molecule has 2 atom stereocenters. The summed E-state index contributed by atoms with van der Waals surface area (Å²) in [5, 5.41) is 5.54. The average Bonchev–Trinajstić information content (AvgIpc) is 2.95. The van der Waals surface area contributed by atoms with Crippen LogP contribution in [0.25, 0.3) is 0 Å². The quantitative estimate of drug-likeness (QED) is 0.770. The molecule has 0 spiro atoms. The lowest BCUT2D eigenvalue weighted by molar-refractivity contribution is -0.129. The fourth-order valence-electron chi connectivity index (χ4n) is 3.19. The van der Waals surface area contributed by atoms with Gasteiger partial charge in [-0.15, -0.1) is 0 Å². The van der Waals surface area contributed by atoms with Crippen LogP contribution in [0.2, 0.25) is 0 Å². The molecule has 2 N–H and O–H groups in total. The SMILES string of the molecule is Cc1ccccc1NC(=O)CC[C@@H]1NC(=O)N([C@H](C)c2ccccc2)C1=O. The number of hydrogen-bond donors (Lipinski definition) is 2. The Morgan fingerprint density at radius 2 is 1.78 bits per heavy atom. The summed E-state index contributed by atoms with van der Waals surface area (Å²) in [5.74, 6) is -0.471. The first kappa shape index (κ1) is 18.6. The molecule has 1 saturated heterocycles. The highest BCUT2D eigenvalue weighted by molar-refractivity contribution is 6.05. The highest BCUT2D eigenvalue weighted by Crippen LogP contribution is 2.25. The number of amides is 4. The Hall–Kier alpha value is -3.15. The standard InChI is InChI=1S/C21H23N3O3/c1-14-8-6-7-11-17(14)22-19(25)13-12-18-20(26)24(21(27)23-18)15(2)16-9-4-3-5-10-16/h3-11,15,18H,12-13H2,1-2H3,(H,22,25)(H,23,27)/t15-,18+/m1/s1. The topological polar surface area (TPSA) is 78.5 Å². The highest BCUT2D eigenvalue weighted by atomic mass is 16.2. The van der Waals surface area contributed by atoms with Crippen LogP contribution in [0.3, 0.4) is 0 Å². The van der Waals surface area contributed by atoms with E-state index in [-0.39, 0.29) is 30.7 Å². The molecule has 1 aliphatic heterocycles. The first-order valence-corrected chi connectivity index (χ1v) is 9.01. The monoisotopic (exact) mass is 365 g/mol. The normalized spacial score (nSPS) is 17.6. The number of para-hydroxylation sites is 1. The van der Waals surface area contributed by atoms with Gasteiger partial charge in [0.2, 0.25) is 5.91 Å². The predicted molar refractivity (Wildman–Crippen MR) is 103 cm³/mol. The van der Waals surface area contributed by atoms with Crippen LogP contribution >= 0.6 is 0 Å². The third kappa shape index (κ3) is 4.16. The van der Waals surface area contributed by atoms with E-state index in [4.69, 9.17) is 0 Å². The van der Waals surface area contributed by atoms with E-state index in [0.29, 0.717) is 0 Å². The van der Waals surface area contributed by atoms with E-state index < -0.39 is 12.1 Å². The van der Waals surface area contributed by atoms with Gasteiger partial charge in [0.05, 0.1) is 6.04 Å². The van der Waals surface area contributed by atoms with Crippen LogP contribution in [0.5, 0.6) is 0 Å². The second kappa shape index (κ2) is 8.03. The zero-order valence-electron chi connectivity index (χ0n) is 15.4. The van der Waals surface area contributed by atoms with Gasteiger partial charge in [0.25, 0.3) is 5.91 Å². The number of benzene rings is 2. The van der Waals surface area contributed by atoms with Crippen molar-refractivity contribution in [2.24, 2.45) is 0 Å². The molecule has 3 rings (SSSR count). The Bertz CT molecular complexity index is 851. The number of nitrogens with one attached hydrogen (secondary N) is 2. The molecule has 1 aliphatic rings. The van der Waals surface area contributed by atoms with Crippen molar-refractivity contribution in [2.45, 2.75) is 38.8 Å². The summed E-state index contributed by atoms with van der Waals surface area (Å²) in [7, 11) is 0. The van der Waals surface area contributed by atoms with Gasteiger partial charge in [-0.2, -0.15) is 0 Å². The van der Waals surface area contributed by atoms with Crippen LogP contribution < -0.4 is 10.6 Å². The van der Waals surface area contributed by atoms with Crippen molar-refractivity contribution in [1.29, 1.82) is 0 Å². The van der Waals surface area contributed by atoms with Crippen molar-refractivity contribution >= 4 is 23.5 Å². The maximum atomic E-state index is 12.7. The van der Waals surface area contributed by atoms with Crippen LogP contribution in [0.15, 0.2) is 54.6 Å². The number of urea groups is 1. The Morgan fingerprint density at radius 3 is 2.48 bits per heavy atom. The van der Waals surface area contributed by atoms with Crippen molar-refractivity contribution in [3.05, 3.63) is 65.7 Å². The summed E-state index contributed by atoms with van der Waals surface area (Å²) >= 11 is 0. The van der Waals surface area contributed by atoms with E-state index in [9.17, 15) is 14.4 Å². The Balaban J connectivity index is 1.59. The van der Waals surface area contributed by atoms with Crippen molar-refractivity contribution in [2.75, 3.05) is 5.32 Å². The van der Waals surface area contributed by atoms with Crippen LogP contribution in [-0.4, -0.2) is 28.8 Å². The summed E-state index contributed by atoms with van der Waals surface area (Å²) in [4.78, 5) is 38.4. The lowest BCUT2D eigenvalue weighted by Crippen LogP contribution is -2.34.